The molecule has 4 N–H and O–H groups in total. The van der Waals surface area contributed by atoms with Gasteiger partial charge in [-0.25, -0.2) is 13.8 Å². The van der Waals surface area contributed by atoms with E-state index >= 15 is 0 Å². The van der Waals surface area contributed by atoms with Crippen molar-refractivity contribution in [1.82, 2.24) is 24.4 Å². The fraction of sp³-hybridized carbons (Fsp3) is 0.474. The van der Waals surface area contributed by atoms with Gasteiger partial charge in [0.25, 0.3) is 6.43 Å². The molecule has 0 aliphatic carbocycles. The quantitative estimate of drug-likeness (QED) is 0.511. The topological polar surface area (TPSA) is 130 Å². The number of nitrogens with zero attached hydrogens (tertiary/aromatic N) is 6. The Balaban J connectivity index is 1.86. The van der Waals surface area contributed by atoms with Crippen molar-refractivity contribution in [3.8, 4) is 6.07 Å². The molecule has 9 nitrogen and oxygen atoms in total. The summed E-state index contributed by atoms with van der Waals surface area (Å²) in [4.78, 5) is 4.36. The number of hydrogen-bond donors (Lipinski definition) is 3. The number of anilines is 2. The molecule has 0 saturated carbocycles. The van der Waals surface area contributed by atoms with Crippen molar-refractivity contribution in [1.29, 1.82) is 5.26 Å². The van der Waals surface area contributed by atoms with Crippen LogP contribution in [0.4, 0.5) is 20.4 Å². The van der Waals surface area contributed by atoms with Crippen molar-refractivity contribution in [3.63, 3.8) is 0 Å². The van der Waals surface area contributed by atoms with E-state index in [0.717, 1.165) is 10.2 Å². The van der Waals surface area contributed by atoms with Gasteiger partial charge in [0.05, 0.1) is 17.8 Å². The molecule has 3 aromatic rings. The Hall–Kier alpha value is -3.26. The number of aromatic nitrogens is 5. The minimum atomic E-state index is -2.76. The van der Waals surface area contributed by atoms with Crippen LogP contribution < -0.4 is 11.1 Å². The van der Waals surface area contributed by atoms with E-state index in [0.29, 0.717) is 24.9 Å². The SMILES string of the molecule is CCc1c(C(F)F)nn2c(N)c(C#N)c(NCCc3ccn(C(C)(C)CO)n3)nc12. The highest BCUT2D eigenvalue weighted by molar-refractivity contribution is 5.69. The summed E-state index contributed by atoms with van der Waals surface area (Å²) in [6, 6.07) is 3.81. The lowest BCUT2D eigenvalue weighted by molar-refractivity contribution is 0.144. The van der Waals surface area contributed by atoms with Gasteiger partial charge in [-0.3, -0.25) is 4.68 Å². The Morgan fingerprint density at radius 3 is 2.70 bits per heavy atom. The molecule has 0 radical (unpaired) electrons. The van der Waals surface area contributed by atoms with Gasteiger partial charge in [0, 0.05) is 24.7 Å². The Morgan fingerprint density at radius 2 is 2.10 bits per heavy atom. The molecule has 3 rings (SSSR count). The number of nitrogens with one attached hydrogen (secondary N) is 1. The molecule has 0 unspecified atom stereocenters. The van der Waals surface area contributed by atoms with Gasteiger partial charge >= 0.3 is 0 Å². The van der Waals surface area contributed by atoms with Crippen LogP contribution in [0, 0.1) is 11.3 Å². The third kappa shape index (κ3) is 3.78. The van der Waals surface area contributed by atoms with E-state index in [1.54, 1.807) is 17.8 Å². The number of fused-ring (bicyclic) bond motifs is 1. The molecule has 0 atom stereocenters. The van der Waals surface area contributed by atoms with Crippen molar-refractivity contribution in [3.05, 3.63) is 34.8 Å². The Labute approximate surface area is 172 Å². The number of halogens is 2. The highest BCUT2D eigenvalue weighted by Crippen LogP contribution is 2.29. The molecule has 0 spiro atoms. The predicted octanol–water partition coefficient (Wildman–Crippen LogP) is 2.26. The number of rotatable bonds is 8. The zero-order chi connectivity index (χ0) is 22.1. The highest BCUT2D eigenvalue weighted by Gasteiger charge is 2.24. The average molecular weight is 418 g/mol. The van der Waals surface area contributed by atoms with Crippen LogP contribution in [0.5, 0.6) is 0 Å². The van der Waals surface area contributed by atoms with Crippen molar-refractivity contribution in [2.45, 2.75) is 45.6 Å². The first-order valence-electron chi connectivity index (χ1n) is 9.52. The van der Waals surface area contributed by atoms with Gasteiger partial charge in [0.15, 0.2) is 5.65 Å². The number of aryl methyl sites for hydroxylation is 1. The van der Waals surface area contributed by atoms with Crippen molar-refractivity contribution >= 4 is 17.3 Å². The summed E-state index contributed by atoms with van der Waals surface area (Å²) in [7, 11) is 0. The number of nitrogens with two attached hydrogens (primary N) is 1. The molecule has 0 amide bonds. The zero-order valence-corrected chi connectivity index (χ0v) is 17.0. The largest absolute Gasteiger partial charge is 0.394 e. The van der Waals surface area contributed by atoms with E-state index in [2.05, 4.69) is 20.5 Å². The van der Waals surface area contributed by atoms with Crippen LogP contribution in [0.25, 0.3) is 5.65 Å². The van der Waals surface area contributed by atoms with Crippen LogP contribution in [0.2, 0.25) is 0 Å². The molecule has 3 heterocycles. The molecule has 3 aromatic heterocycles. The summed E-state index contributed by atoms with van der Waals surface area (Å²) in [6.07, 6.45) is -0.144. The maximum absolute atomic E-state index is 13.3. The molecular formula is C19H24F2N8O. The van der Waals surface area contributed by atoms with E-state index in [-0.39, 0.29) is 35.1 Å². The first-order chi connectivity index (χ1) is 14.2. The second kappa shape index (κ2) is 8.23. The number of alkyl halides is 2. The van der Waals surface area contributed by atoms with Crippen LogP contribution >= 0.6 is 0 Å². The maximum Gasteiger partial charge on any atom is 0.282 e. The second-order valence-electron chi connectivity index (χ2n) is 7.48. The van der Waals surface area contributed by atoms with Gasteiger partial charge in [-0.15, -0.1) is 0 Å². The monoisotopic (exact) mass is 418 g/mol. The van der Waals surface area contributed by atoms with E-state index in [4.69, 9.17) is 5.73 Å². The number of nitriles is 1. The molecule has 11 heteroatoms. The van der Waals surface area contributed by atoms with Crippen molar-refractivity contribution < 1.29 is 13.9 Å². The summed E-state index contributed by atoms with van der Waals surface area (Å²) >= 11 is 0. The van der Waals surface area contributed by atoms with E-state index < -0.39 is 12.0 Å². The molecule has 0 aromatic carbocycles. The number of hydrogen-bond acceptors (Lipinski definition) is 7. The smallest absolute Gasteiger partial charge is 0.282 e. The highest BCUT2D eigenvalue weighted by atomic mass is 19.3. The first kappa shape index (κ1) is 21.4. The second-order valence-corrected chi connectivity index (χ2v) is 7.48. The number of nitrogen functional groups attached to an aromatic ring is 1. The molecule has 0 aliphatic rings. The summed E-state index contributed by atoms with van der Waals surface area (Å²) in [5.74, 6) is 0.175. The maximum atomic E-state index is 13.3. The molecule has 0 fully saturated rings. The van der Waals surface area contributed by atoms with Gasteiger partial charge in [-0.2, -0.15) is 20.0 Å². The summed E-state index contributed by atoms with van der Waals surface area (Å²) < 4.78 is 29.4. The molecule has 0 aliphatic heterocycles. The average Bonchev–Trinajstić information content (AvgIpc) is 3.33. The molecule has 160 valence electrons. The molecule has 0 bridgehead atoms. The summed E-state index contributed by atoms with van der Waals surface area (Å²) in [5, 5.41) is 30.3. The Morgan fingerprint density at radius 1 is 1.37 bits per heavy atom. The van der Waals surface area contributed by atoms with Crippen molar-refractivity contribution in [2.24, 2.45) is 0 Å². The Bertz CT molecular complexity index is 1100. The van der Waals surface area contributed by atoms with Crippen molar-refractivity contribution in [2.75, 3.05) is 24.2 Å². The number of aliphatic hydroxyl groups excluding tert-OH is 1. The standard InChI is InChI=1S/C19H24F2N8O/c1-4-12-14(15(20)21)27-29-16(23)13(9-22)17(25-18(12)29)24-7-5-11-6-8-28(26-11)19(2,3)10-30/h6,8,15,30H,4-5,7,10,23H2,1-3H3,(H,24,25). The van der Waals surface area contributed by atoms with Crippen LogP contribution in [0.3, 0.4) is 0 Å². The molecule has 0 saturated heterocycles. The molecular weight excluding hydrogens is 394 g/mol. The minimum Gasteiger partial charge on any atom is -0.394 e. The Kier molecular flexibility index (Phi) is 5.89. The fourth-order valence-electron chi connectivity index (χ4n) is 3.10. The van der Waals surface area contributed by atoms with Crippen LogP contribution in [0.15, 0.2) is 12.3 Å². The van der Waals surface area contributed by atoms with Crippen LogP contribution in [-0.2, 0) is 18.4 Å². The zero-order valence-electron chi connectivity index (χ0n) is 17.0. The van der Waals surface area contributed by atoms with Gasteiger partial charge in [-0.1, -0.05) is 6.92 Å². The fourth-order valence-corrected chi connectivity index (χ4v) is 3.10. The minimum absolute atomic E-state index is 0.0411. The lowest BCUT2D eigenvalue weighted by Crippen LogP contribution is -2.31. The van der Waals surface area contributed by atoms with E-state index in [1.807, 2.05) is 26.0 Å². The van der Waals surface area contributed by atoms with E-state index in [1.165, 1.54) is 0 Å². The third-order valence-corrected chi connectivity index (χ3v) is 4.92. The van der Waals surface area contributed by atoms with Gasteiger partial charge in [0.2, 0.25) is 0 Å². The van der Waals surface area contributed by atoms with Gasteiger partial charge in [-0.05, 0) is 26.3 Å². The first-order valence-corrected chi connectivity index (χ1v) is 9.52. The number of aliphatic hydroxyl groups is 1. The lowest BCUT2D eigenvalue weighted by Gasteiger charge is -2.22. The lowest BCUT2D eigenvalue weighted by atomic mass is 10.1. The van der Waals surface area contributed by atoms with Crippen LogP contribution in [0.1, 0.15) is 49.7 Å². The predicted molar refractivity (Wildman–Crippen MR) is 107 cm³/mol. The van der Waals surface area contributed by atoms with Gasteiger partial charge in [0.1, 0.15) is 29.0 Å². The molecule has 30 heavy (non-hydrogen) atoms. The van der Waals surface area contributed by atoms with Gasteiger partial charge < -0.3 is 16.2 Å². The van der Waals surface area contributed by atoms with E-state index in [9.17, 15) is 19.1 Å². The normalized spacial score (nSPS) is 11.9. The summed E-state index contributed by atoms with van der Waals surface area (Å²) in [6.45, 7) is 5.82. The summed E-state index contributed by atoms with van der Waals surface area (Å²) in [5.41, 5.74) is 6.48. The third-order valence-electron chi connectivity index (χ3n) is 4.92. The van der Waals surface area contributed by atoms with Crippen LogP contribution in [-0.4, -0.2) is 42.6 Å².